The van der Waals surface area contributed by atoms with Gasteiger partial charge in [-0.05, 0) is 56.0 Å². The van der Waals surface area contributed by atoms with Crippen molar-refractivity contribution in [3.63, 3.8) is 0 Å². The molecule has 0 amide bonds. The summed E-state index contributed by atoms with van der Waals surface area (Å²) in [4.78, 5) is 27.2. The second kappa shape index (κ2) is 11.0. The van der Waals surface area contributed by atoms with E-state index in [0.717, 1.165) is 30.5 Å². The van der Waals surface area contributed by atoms with Crippen LogP contribution in [0.2, 0.25) is 0 Å². The Bertz CT molecular complexity index is 1430. The number of nitrogens with one attached hydrogen (secondary N) is 3. The average Bonchev–Trinajstić information content (AvgIpc) is 3.61. The van der Waals surface area contributed by atoms with E-state index in [2.05, 4.69) is 36.8 Å². The van der Waals surface area contributed by atoms with Crippen molar-refractivity contribution in [2.24, 2.45) is 5.11 Å². The summed E-state index contributed by atoms with van der Waals surface area (Å²) in [6, 6.07) is 16.4. The van der Waals surface area contributed by atoms with Crippen molar-refractivity contribution in [1.82, 2.24) is 20.3 Å². The number of carbonyl (C=O) groups is 1. The summed E-state index contributed by atoms with van der Waals surface area (Å²) in [5, 5.41) is 28.9. The predicted molar refractivity (Wildman–Crippen MR) is 141 cm³/mol. The Hall–Kier alpha value is -4.85. The first-order chi connectivity index (χ1) is 18.5. The molecule has 3 aromatic rings. The predicted octanol–water partition coefficient (Wildman–Crippen LogP) is 4.16. The SMILES string of the molecule is N#Cc1cccc(-c2cc(/C(=C/NCc3cccc(N4CCCC4C(=O)O)n3)N=N)nc(NC3CC3)n2)c1. The lowest BCUT2D eigenvalue weighted by atomic mass is 10.1. The second-order valence-electron chi connectivity index (χ2n) is 9.27. The van der Waals surface area contributed by atoms with Crippen molar-refractivity contribution < 1.29 is 9.90 Å². The van der Waals surface area contributed by atoms with Crippen LogP contribution in [0.4, 0.5) is 11.8 Å². The van der Waals surface area contributed by atoms with Crippen molar-refractivity contribution in [2.75, 3.05) is 16.8 Å². The molecule has 2 aliphatic rings. The van der Waals surface area contributed by atoms with Gasteiger partial charge in [0.15, 0.2) is 0 Å². The molecule has 38 heavy (non-hydrogen) atoms. The molecular formula is C27H27N9O2. The van der Waals surface area contributed by atoms with E-state index < -0.39 is 12.0 Å². The molecule has 1 aromatic carbocycles. The number of aromatic nitrogens is 3. The van der Waals surface area contributed by atoms with E-state index >= 15 is 0 Å². The standard InChI is InChI=1S/C27H27N9O2/c28-14-17-4-1-5-18(12-17)21-13-22(34-27(33-21)32-19-9-10-19)23(35-29)16-30-15-20-6-2-8-25(31-20)36-11-3-7-24(36)26(37)38/h1-2,4-6,8,12-13,16,19,24,29-30H,3,7,9-11,15H2,(H,37,38)(H,32,33,34)/b23-16-,35-29?. The molecule has 3 heterocycles. The number of rotatable bonds is 10. The third-order valence-corrected chi connectivity index (χ3v) is 6.45. The van der Waals surface area contributed by atoms with Gasteiger partial charge in [0, 0.05) is 24.4 Å². The zero-order valence-electron chi connectivity index (χ0n) is 20.6. The van der Waals surface area contributed by atoms with Gasteiger partial charge in [-0.1, -0.05) is 18.2 Å². The summed E-state index contributed by atoms with van der Waals surface area (Å²) >= 11 is 0. The number of hydrogen-bond donors (Lipinski definition) is 4. The normalized spacial score (nSPS) is 17.1. The van der Waals surface area contributed by atoms with Gasteiger partial charge in [-0.15, -0.1) is 0 Å². The van der Waals surface area contributed by atoms with Gasteiger partial charge < -0.3 is 20.6 Å². The highest BCUT2D eigenvalue weighted by Crippen LogP contribution is 2.28. The molecule has 1 aliphatic heterocycles. The van der Waals surface area contributed by atoms with E-state index in [0.29, 0.717) is 60.0 Å². The second-order valence-corrected chi connectivity index (χ2v) is 9.27. The Kier molecular flexibility index (Phi) is 7.21. The van der Waals surface area contributed by atoms with Gasteiger partial charge >= 0.3 is 5.97 Å². The van der Waals surface area contributed by atoms with E-state index in [1.807, 2.05) is 29.2 Å². The van der Waals surface area contributed by atoms with Gasteiger partial charge in [0.1, 0.15) is 17.6 Å². The molecule has 1 saturated heterocycles. The van der Waals surface area contributed by atoms with Gasteiger partial charge in [-0.3, -0.25) is 0 Å². The molecule has 1 unspecified atom stereocenters. The molecular weight excluding hydrogens is 482 g/mol. The van der Waals surface area contributed by atoms with Crippen LogP contribution < -0.4 is 15.5 Å². The molecule has 0 spiro atoms. The van der Waals surface area contributed by atoms with Gasteiger partial charge in [-0.25, -0.2) is 25.3 Å². The van der Waals surface area contributed by atoms with Crippen molar-refractivity contribution in [3.8, 4) is 17.3 Å². The molecule has 1 saturated carbocycles. The van der Waals surface area contributed by atoms with E-state index in [1.165, 1.54) is 0 Å². The number of anilines is 2. The van der Waals surface area contributed by atoms with Gasteiger partial charge in [0.25, 0.3) is 0 Å². The van der Waals surface area contributed by atoms with E-state index in [4.69, 9.17) is 5.53 Å². The van der Waals surface area contributed by atoms with Crippen molar-refractivity contribution in [2.45, 2.75) is 44.3 Å². The fraction of sp³-hybridized carbons (Fsp3) is 0.296. The fourth-order valence-electron chi connectivity index (χ4n) is 4.39. The molecule has 5 rings (SSSR count). The molecule has 2 fully saturated rings. The first kappa shape index (κ1) is 24.8. The van der Waals surface area contributed by atoms with Crippen LogP contribution in [0.5, 0.6) is 0 Å². The molecule has 4 N–H and O–H groups in total. The summed E-state index contributed by atoms with van der Waals surface area (Å²) in [5.41, 5.74) is 11.2. The summed E-state index contributed by atoms with van der Waals surface area (Å²) < 4.78 is 0. The number of pyridine rings is 1. The first-order valence-electron chi connectivity index (χ1n) is 12.5. The maximum absolute atomic E-state index is 11.6. The molecule has 11 heteroatoms. The van der Waals surface area contributed by atoms with Gasteiger partial charge in [0.05, 0.1) is 35.3 Å². The topological polar surface area (TPSA) is 163 Å². The monoisotopic (exact) mass is 509 g/mol. The average molecular weight is 510 g/mol. The minimum absolute atomic E-state index is 0.311. The summed E-state index contributed by atoms with van der Waals surface area (Å²) in [7, 11) is 0. The Morgan fingerprint density at radius 1 is 1.18 bits per heavy atom. The minimum Gasteiger partial charge on any atom is -0.480 e. The molecule has 1 atom stereocenters. The third-order valence-electron chi connectivity index (χ3n) is 6.45. The molecule has 192 valence electrons. The quantitative estimate of drug-likeness (QED) is 0.294. The summed E-state index contributed by atoms with van der Waals surface area (Å²) in [6.45, 7) is 1.01. The lowest BCUT2D eigenvalue weighted by molar-refractivity contribution is -0.138. The van der Waals surface area contributed by atoms with Crippen LogP contribution in [-0.2, 0) is 11.3 Å². The van der Waals surface area contributed by atoms with Crippen molar-refractivity contribution in [3.05, 3.63) is 71.7 Å². The van der Waals surface area contributed by atoms with E-state index in [-0.39, 0.29) is 0 Å². The number of nitriles is 1. The highest BCUT2D eigenvalue weighted by atomic mass is 16.4. The molecule has 1 aliphatic carbocycles. The van der Waals surface area contributed by atoms with E-state index in [9.17, 15) is 15.2 Å². The first-order valence-corrected chi connectivity index (χ1v) is 12.5. The molecule has 0 radical (unpaired) electrons. The van der Waals surface area contributed by atoms with Crippen LogP contribution in [0.1, 0.15) is 42.6 Å². The van der Waals surface area contributed by atoms with Crippen LogP contribution in [-0.4, -0.2) is 44.7 Å². The summed E-state index contributed by atoms with van der Waals surface area (Å²) in [6.07, 6.45) is 5.14. The zero-order valence-corrected chi connectivity index (χ0v) is 20.6. The number of nitrogens with zero attached hydrogens (tertiary/aromatic N) is 6. The maximum Gasteiger partial charge on any atom is 0.326 e. The molecule has 0 bridgehead atoms. The highest BCUT2D eigenvalue weighted by molar-refractivity contribution is 5.78. The summed E-state index contributed by atoms with van der Waals surface area (Å²) in [5.74, 6) is 0.251. The van der Waals surface area contributed by atoms with Crippen LogP contribution in [0.15, 0.2) is 59.8 Å². The minimum atomic E-state index is -0.837. The molecule has 2 aromatic heterocycles. The van der Waals surface area contributed by atoms with Crippen LogP contribution in [0.25, 0.3) is 17.0 Å². The molecule has 11 nitrogen and oxygen atoms in total. The van der Waals surface area contributed by atoms with Gasteiger partial charge in [0.2, 0.25) is 5.95 Å². The lowest BCUT2D eigenvalue weighted by Gasteiger charge is -2.22. The third kappa shape index (κ3) is 5.75. The van der Waals surface area contributed by atoms with Crippen LogP contribution >= 0.6 is 0 Å². The number of benzene rings is 1. The van der Waals surface area contributed by atoms with E-state index in [1.54, 1.807) is 30.5 Å². The van der Waals surface area contributed by atoms with Crippen LogP contribution in [0, 0.1) is 16.9 Å². The number of carboxylic acid groups (broad SMARTS) is 1. The zero-order chi connectivity index (χ0) is 26.5. The van der Waals surface area contributed by atoms with Gasteiger partial charge in [-0.2, -0.15) is 10.4 Å². The Balaban J connectivity index is 1.36. The number of carboxylic acids is 1. The fourth-order valence-corrected chi connectivity index (χ4v) is 4.39. The van der Waals surface area contributed by atoms with Crippen molar-refractivity contribution >= 4 is 23.4 Å². The number of hydrogen-bond acceptors (Lipinski definition) is 10. The Morgan fingerprint density at radius 3 is 2.79 bits per heavy atom. The Morgan fingerprint density at radius 2 is 2.03 bits per heavy atom. The number of aliphatic carboxylic acids is 1. The highest BCUT2D eigenvalue weighted by Gasteiger charge is 2.31. The van der Waals surface area contributed by atoms with Crippen LogP contribution in [0.3, 0.4) is 0 Å². The van der Waals surface area contributed by atoms with Crippen molar-refractivity contribution in [1.29, 1.82) is 10.8 Å². The maximum atomic E-state index is 11.6. The Labute approximate surface area is 219 Å². The smallest absolute Gasteiger partial charge is 0.326 e. The lowest BCUT2D eigenvalue weighted by Crippen LogP contribution is -2.36. The largest absolute Gasteiger partial charge is 0.480 e.